The van der Waals surface area contributed by atoms with Crippen molar-refractivity contribution in [1.82, 2.24) is 19.5 Å². The number of H-pyrrole nitrogens is 1. The Kier molecular flexibility index (Phi) is 3.93. The molecular formula is C17H14ClN5O2S. The molecule has 26 heavy (non-hydrogen) atoms. The van der Waals surface area contributed by atoms with Crippen molar-refractivity contribution < 1.29 is 8.42 Å². The molecule has 7 nitrogen and oxygen atoms in total. The van der Waals surface area contributed by atoms with Crippen LogP contribution in [0, 0.1) is 0 Å². The smallest absolute Gasteiger partial charge is 0.262 e. The van der Waals surface area contributed by atoms with Gasteiger partial charge in [0.15, 0.2) is 11.6 Å². The predicted octanol–water partition coefficient (Wildman–Crippen LogP) is 3.42. The van der Waals surface area contributed by atoms with Gasteiger partial charge in [0, 0.05) is 19.4 Å². The second-order valence-corrected chi connectivity index (χ2v) is 7.80. The van der Waals surface area contributed by atoms with Crippen molar-refractivity contribution in [1.29, 1.82) is 0 Å². The number of benzene rings is 2. The van der Waals surface area contributed by atoms with Crippen molar-refractivity contribution in [3.8, 4) is 11.6 Å². The number of para-hydroxylation sites is 1. The summed E-state index contributed by atoms with van der Waals surface area (Å²) >= 11 is 6.04. The minimum Gasteiger partial charge on any atom is -0.335 e. The van der Waals surface area contributed by atoms with Gasteiger partial charge in [-0.15, -0.1) is 0 Å². The average molecular weight is 388 g/mol. The van der Waals surface area contributed by atoms with E-state index in [1.54, 1.807) is 36.5 Å². The first-order valence-corrected chi connectivity index (χ1v) is 9.55. The number of imidazole rings is 2. The van der Waals surface area contributed by atoms with Gasteiger partial charge in [-0.25, -0.2) is 18.4 Å². The Morgan fingerprint density at radius 2 is 2.00 bits per heavy atom. The number of nitrogens with one attached hydrogen (secondary N) is 2. The number of aryl methyl sites for hydroxylation is 1. The molecule has 0 aliphatic rings. The molecule has 2 heterocycles. The van der Waals surface area contributed by atoms with Crippen LogP contribution in [0.2, 0.25) is 5.02 Å². The number of aromatic nitrogens is 4. The molecule has 0 fully saturated rings. The van der Waals surface area contributed by atoms with Crippen molar-refractivity contribution in [2.75, 3.05) is 4.72 Å². The van der Waals surface area contributed by atoms with E-state index in [9.17, 15) is 8.42 Å². The van der Waals surface area contributed by atoms with E-state index in [2.05, 4.69) is 19.7 Å². The highest BCUT2D eigenvalue weighted by molar-refractivity contribution is 7.92. The van der Waals surface area contributed by atoms with E-state index in [0.29, 0.717) is 33.4 Å². The zero-order valence-electron chi connectivity index (χ0n) is 13.6. The highest BCUT2D eigenvalue weighted by Gasteiger charge is 2.18. The number of sulfonamides is 1. The van der Waals surface area contributed by atoms with Gasteiger partial charge < -0.3 is 9.55 Å². The molecule has 132 valence electrons. The molecular weight excluding hydrogens is 374 g/mol. The summed E-state index contributed by atoms with van der Waals surface area (Å²) in [6, 6.07) is 11.4. The van der Waals surface area contributed by atoms with E-state index < -0.39 is 10.0 Å². The molecule has 2 aromatic carbocycles. The van der Waals surface area contributed by atoms with Crippen molar-refractivity contribution >= 4 is 38.3 Å². The summed E-state index contributed by atoms with van der Waals surface area (Å²) in [6.07, 6.45) is 3.48. The third kappa shape index (κ3) is 2.93. The Hall–Kier alpha value is -2.84. The second kappa shape index (κ2) is 6.15. The van der Waals surface area contributed by atoms with Crippen LogP contribution in [-0.4, -0.2) is 27.9 Å². The van der Waals surface area contributed by atoms with Gasteiger partial charge in [0.2, 0.25) is 0 Å². The van der Waals surface area contributed by atoms with E-state index in [4.69, 9.17) is 11.6 Å². The van der Waals surface area contributed by atoms with Crippen LogP contribution in [0.1, 0.15) is 0 Å². The third-order valence-corrected chi connectivity index (χ3v) is 5.61. The van der Waals surface area contributed by atoms with Gasteiger partial charge in [-0.3, -0.25) is 4.72 Å². The Bertz CT molecular complexity index is 1210. The van der Waals surface area contributed by atoms with Gasteiger partial charge >= 0.3 is 0 Å². The van der Waals surface area contributed by atoms with E-state index in [-0.39, 0.29) is 4.90 Å². The van der Waals surface area contributed by atoms with Gasteiger partial charge in [-0.1, -0.05) is 23.7 Å². The first-order chi connectivity index (χ1) is 12.4. The van der Waals surface area contributed by atoms with Crippen LogP contribution in [-0.2, 0) is 17.1 Å². The normalized spacial score (nSPS) is 11.8. The summed E-state index contributed by atoms with van der Waals surface area (Å²) in [5, 5.41) is 0.329. The molecule has 0 amide bonds. The summed E-state index contributed by atoms with van der Waals surface area (Å²) in [4.78, 5) is 11.9. The lowest BCUT2D eigenvalue weighted by Crippen LogP contribution is -2.13. The Balaban J connectivity index is 1.73. The number of fused-ring (bicyclic) bond motifs is 1. The van der Waals surface area contributed by atoms with Crippen LogP contribution in [0.25, 0.3) is 22.7 Å². The highest BCUT2D eigenvalue weighted by Crippen LogP contribution is 2.26. The van der Waals surface area contributed by atoms with Gasteiger partial charge in [-0.2, -0.15) is 0 Å². The summed E-state index contributed by atoms with van der Waals surface area (Å²) < 4.78 is 29.7. The van der Waals surface area contributed by atoms with Crippen LogP contribution in [0.15, 0.2) is 59.8 Å². The molecule has 2 aromatic heterocycles. The van der Waals surface area contributed by atoms with Crippen LogP contribution in [0.5, 0.6) is 0 Å². The molecule has 2 N–H and O–H groups in total. The summed E-state index contributed by atoms with van der Waals surface area (Å²) in [6.45, 7) is 0. The van der Waals surface area contributed by atoms with Crippen molar-refractivity contribution in [2.24, 2.45) is 7.05 Å². The SMILES string of the molecule is Cn1ccnc1-c1nc2ccc(S(=O)(=O)Nc3ccccc3Cl)cc2[nH]1. The molecule has 0 unspecified atom stereocenters. The number of hydrogen-bond donors (Lipinski definition) is 2. The van der Waals surface area contributed by atoms with Crippen molar-refractivity contribution in [3.05, 3.63) is 59.9 Å². The zero-order valence-corrected chi connectivity index (χ0v) is 15.2. The maximum absolute atomic E-state index is 12.7. The fraction of sp³-hybridized carbons (Fsp3) is 0.0588. The molecule has 0 saturated carbocycles. The van der Waals surface area contributed by atoms with Gasteiger partial charge in [0.05, 0.1) is 26.6 Å². The lowest BCUT2D eigenvalue weighted by atomic mass is 10.3. The Labute approximate surface area is 154 Å². The Morgan fingerprint density at radius 3 is 2.73 bits per heavy atom. The number of anilines is 1. The number of aromatic amines is 1. The first-order valence-electron chi connectivity index (χ1n) is 7.69. The summed E-state index contributed by atoms with van der Waals surface area (Å²) in [5.41, 5.74) is 1.58. The molecule has 0 saturated heterocycles. The fourth-order valence-electron chi connectivity index (χ4n) is 2.60. The maximum atomic E-state index is 12.7. The molecule has 0 atom stereocenters. The van der Waals surface area contributed by atoms with Crippen LogP contribution >= 0.6 is 11.6 Å². The van der Waals surface area contributed by atoms with Crippen LogP contribution in [0.3, 0.4) is 0 Å². The predicted molar refractivity (Wildman–Crippen MR) is 101 cm³/mol. The lowest BCUT2D eigenvalue weighted by Gasteiger charge is -2.09. The maximum Gasteiger partial charge on any atom is 0.262 e. The molecule has 0 spiro atoms. The van der Waals surface area contributed by atoms with E-state index >= 15 is 0 Å². The molecule has 0 aliphatic heterocycles. The fourth-order valence-corrected chi connectivity index (χ4v) is 3.95. The van der Waals surface area contributed by atoms with Crippen LogP contribution in [0.4, 0.5) is 5.69 Å². The molecule has 0 radical (unpaired) electrons. The monoisotopic (exact) mass is 387 g/mol. The largest absolute Gasteiger partial charge is 0.335 e. The number of hydrogen-bond acceptors (Lipinski definition) is 4. The molecule has 9 heteroatoms. The van der Waals surface area contributed by atoms with Gasteiger partial charge in [-0.05, 0) is 30.3 Å². The second-order valence-electron chi connectivity index (χ2n) is 5.71. The van der Waals surface area contributed by atoms with Crippen molar-refractivity contribution in [3.63, 3.8) is 0 Å². The molecule has 0 aliphatic carbocycles. The van der Waals surface area contributed by atoms with Gasteiger partial charge in [0.25, 0.3) is 10.0 Å². The molecule has 0 bridgehead atoms. The summed E-state index contributed by atoms with van der Waals surface area (Å²) in [5.74, 6) is 1.24. The summed E-state index contributed by atoms with van der Waals surface area (Å²) in [7, 11) is -1.92. The number of rotatable bonds is 4. The average Bonchev–Trinajstić information content (AvgIpc) is 3.21. The van der Waals surface area contributed by atoms with Gasteiger partial charge in [0.1, 0.15) is 0 Å². The first kappa shape index (κ1) is 16.6. The number of nitrogens with zero attached hydrogens (tertiary/aromatic N) is 3. The molecule has 4 aromatic rings. The van der Waals surface area contributed by atoms with E-state index in [1.807, 2.05) is 17.8 Å². The van der Waals surface area contributed by atoms with E-state index in [1.165, 1.54) is 12.1 Å². The molecule has 4 rings (SSSR count). The minimum atomic E-state index is -3.78. The minimum absolute atomic E-state index is 0.111. The quantitative estimate of drug-likeness (QED) is 0.561. The topological polar surface area (TPSA) is 92.7 Å². The van der Waals surface area contributed by atoms with E-state index in [0.717, 1.165) is 0 Å². The highest BCUT2D eigenvalue weighted by atomic mass is 35.5. The van der Waals surface area contributed by atoms with Crippen molar-refractivity contribution in [2.45, 2.75) is 4.90 Å². The van der Waals surface area contributed by atoms with Crippen LogP contribution < -0.4 is 4.72 Å². The zero-order chi connectivity index (χ0) is 18.3. The lowest BCUT2D eigenvalue weighted by molar-refractivity contribution is 0.601. The standard InChI is InChI=1S/C17H14ClN5O2S/c1-23-9-8-19-17(23)16-20-14-7-6-11(10-15(14)21-16)26(24,25)22-13-5-3-2-4-12(13)18/h2-10,22H,1H3,(H,20,21). The Morgan fingerprint density at radius 1 is 1.19 bits per heavy atom. The third-order valence-electron chi connectivity index (χ3n) is 3.91. The number of halogens is 1.